The van der Waals surface area contributed by atoms with E-state index in [0.717, 1.165) is 36.0 Å². The Balaban J connectivity index is 1.42. The van der Waals surface area contributed by atoms with Crippen molar-refractivity contribution in [1.29, 1.82) is 0 Å². The van der Waals surface area contributed by atoms with Crippen LogP contribution in [0.25, 0.3) is 11.1 Å². The molecule has 0 aromatic heterocycles. The van der Waals surface area contributed by atoms with Crippen molar-refractivity contribution in [2.45, 2.75) is 31.4 Å². The number of halogens is 1. The molecule has 2 atom stereocenters. The molecule has 4 rings (SSSR count). The highest BCUT2D eigenvalue weighted by Crippen LogP contribution is 2.28. The van der Waals surface area contributed by atoms with E-state index >= 15 is 0 Å². The van der Waals surface area contributed by atoms with E-state index in [1.54, 1.807) is 24.3 Å². The van der Waals surface area contributed by atoms with Gasteiger partial charge in [-0.05, 0) is 71.3 Å². The number of hydrogen-bond acceptors (Lipinski definition) is 3. The van der Waals surface area contributed by atoms with Gasteiger partial charge in [0.15, 0.2) is 0 Å². The van der Waals surface area contributed by atoms with Crippen LogP contribution < -0.4 is 5.32 Å². The van der Waals surface area contributed by atoms with E-state index in [1.807, 2.05) is 24.3 Å². The highest BCUT2D eigenvalue weighted by Gasteiger charge is 2.20. The molecular weight excluding hydrogens is 398 g/mol. The van der Waals surface area contributed by atoms with E-state index in [4.69, 9.17) is 16.7 Å². The van der Waals surface area contributed by atoms with Gasteiger partial charge in [0, 0.05) is 17.6 Å². The van der Waals surface area contributed by atoms with Gasteiger partial charge in [0.1, 0.15) is 0 Å². The third-order valence-electron chi connectivity index (χ3n) is 5.73. The maximum Gasteiger partial charge on any atom is 0.335 e. The number of carbonyl (C=O) groups is 1. The first-order valence-corrected chi connectivity index (χ1v) is 10.5. The first-order valence-electron chi connectivity index (χ1n) is 10.1. The van der Waals surface area contributed by atoms with Crippen LogP contribution in [0.5, 0.6) is 0 Å². The summed E-state index contributed by atoms with van der Waals surface area (Å²) in [6.45, 7) is 0.483. The SMILES string of the molecule is O=C(O)c1ccc(-c2ccc3c(c2)C[C@@H](NC[C@H](O)c2cccc(Cl)c2)CC3)cc1. The highest BCUT2D eigenvalue weighted by atomic mass is 35.5. The lowest BCUT2D eigenvalue weighted by Crippen LogP contribution is -2.37. The zero-order valence-corrected chi connectivity index (χ0v) is 17.3. The maximum absolute atomic E-state index is 11.1. The summed E-state index contributed by atoms with van der Waals surface area (Å²) in [5, 5.41) is 23.7. The number of aliphatic hydroxyl groups excluding tert-OH is 1. The van der Waals surface area contributed by atoms with Gasteiger partial charge in [-0.15, -0.1) is 0 Å². The van der Waals surface area contributed by atoms with Crippen molar-refractivity contribution in [2.24, 2.45) is 0 Å². The minimum atomic E-state index is -0.916. The Bertz CT molecular complexity index is 1050. The molecule has 0 unspecified atom stereocenters. The third kappa shape index (κ3) is 4.73. The molecule has 3 aromatic carbocycles. The molecule has 30 heavy (non-hydrogen) atoms. The molecule has 3 aromatic rings. The van der Waals surface area contributed by atoms with Crippen LogP contribution in [0.4, 0.5) is 0 Å². The van der Waals surface area contributed by atoms with Crippen LogP contribution in [-0.2, 0) is 12.8 Å². The molecule has 4 nitrogen and oxygen atoms in total. The number of hydrogen-bond donors (Lipinski definition) is 3. The highest BCUT2D eigenvalue weighted by molar-refractivity contribution is 6.30. The maximum atomic E-state index is 11.1. The number of benzene rings is 3. The summed E-state index contributed by atoms with van der Waals surface area (Å²) in [5.74, 6) is -0.916. The van der Waals surface area contributed by atoms with Crippen molar-refractivity contribution >= 4 is 17.6 Å². The molecule has 0 saturated carbocycles. The average molecular weight is 422 g/mol. The Hall–Kier alpha value is -2.66. The van der Waals surface area contributed by atoms with Crippen molar-refractivity contribution in [3.8, 4) is 11.1 Å². The van der Waals surface area contributed by atoms with Crippen molar-refractivity contribution in [2.75, 3.05) is 6.54 Å². The molecule has 0 fully saturated rings. The Morgan fingerprint density at radius 2 is 1.80 bits per heavy atom. The molecule has 3 N–H and O–H groups in total. The van der Waals surface area contributed by atoms with E-state index in [0.29, 0.717) is 23.2 Å². The lowest BCUT2D eigenvalue weighted by molar-refractivity contribution is 0.0697. The summed E-state index contributed by atoms with van der Waals surface area (Å²) in [4.78, 5) is 11.1. The van der Waals surface area contributed by atoms with Crippen LogP contribution in [0, 0.1) is 0 Å². The van der Waals surface area contributed by atoms with Crippen LogP contribution in [0.3, 0.4) is 0 Å². The van der Waals surface area contributed by atoms with Gasteiger partial charge in [-0.25, -0.2) is 4.79 Å². The molecule has 154 valence electrons. The van der Waals surface area contributed by atoms with Crippen molar-refractivity contribution < 1.29 is 15.0 Å². The van der Waals surface area contributed by atoms with Gasteiger partial charge in [-0.1, -0.05) is 54.1 Å². The molecular formula is C25H24ClNO3. The van der Waals surface area contributed by atoms with Gasteiger partial charge >= 0.3 is 5.97 Å². The van der Waals surface area contributed by atoms with Crippen molar-refractivity contribution in [1.82, 2.24) is 5.32 Å². The molecule has 0 bridgehead atoms. The quantitative estimate of drug-likeness (QED) is 0.530. The normalized spacial score (nSPS) is 16.7. The number of carboxylic acid groups (broad SMARTS) is 1. The van der Waals surface area contributed by atoms with Crippen LogP contribution in [0.2, 0.25) is 5.02 Å². The number of rotatable bonds is 6. The fraction of sp³-hybridized carbons (Fsp3) is 0.240. The predicted octanol–water partition coefficient (Wildman–Crippen LogP) is 4.89. The summed E-state index contributed by atoms with van der Waals surface area (Å²) in [7, 11) is 0. The van der Waals surface area contributed by atoms with E-state index in [1.165, 1.54) is 11.1 Å². The number of aliphatic hydroxyl groups is 1. The number of fused-ring (bicyclic) bond motifs is 1. The zero-order valence-electron chi connectivity index (χ0n) is 16.5. The Labute approximate surface area is 181 Å². The topological polar surface area (TPSA) is 69.6 Å². The Kier molecular flexibility index (Phi) is 6.18. The number of aromatic carboxylic acids is 1. The van der Waals surface area contributed by atoms with Crippen molar-refractivity contribution in [3.05, 3.63) is 94.0 Å². The monoisotopic (exact) mass is 421 g/mol. The summed E-state index contributed by atoms with van der Waals surface area (Å²) >= 11 is 6.02. The van der Waals surface area contributed by atoms with Gasteiger partial charge in [0.2, 0.25) is 0 Å². The van der Waals surface area contributed by atoms with Gasteiger partial charge < -0.3 is 15.5 Å². The molecule has 5 heteroatoms. The van der Waals surface area contributed by atoms with Gasteiger partial charge in [-0.3, -0.25) is 0 Å². The Morgan fingerprint density at radius 3 is 2.53 bits per heavy atom. The van der Waals surface area contributed by atoms with Crippen molar-refractivity contribution in [3.63, 3.8) is 0 Å². The van der Waals surface area contributed by atoms with Crippen LogP contribution in [0.15, 0.2) is 66.7 Å². The molecule has 0 radical (unpaired) electrons. The summed E-state index contributed by atoms with van der Waals surface area (Å²) in [6.07, 6.45) is 2.34. The zero-order chi connectivity index (χ0) is 21.1. The van der Waals surface area contributed by atoms with Gasteiger partial charge in [0.25, 0.3) is 0 Å². The molecule has 0 spiro atoms. The summed E-state index contributed by atoms with van der Waals surface area (Å²) < 4.78 is 0. The van der Waals surface area contributed by atoms with E-state index in [2.05, 4.69) is 23.5 Å². The predicted molar refractivity (Wildman–Crippen MR) is 119 cm³/mol. The molecule has 0 heterocycles. The van der Waals surface area contributed by atoms with Gasteiger partial charge in [0.05, 0.1) is 11.7 Å². The molecule has 0 amide bonds. The first kappa shape index (κ1) is 20.6. The van der Waals surface area contributed by atoms with Crippen LogP contribution in [-0.4, -0.2) is 28.8 Å². The minimum absolute atomic E-state index is 0.291. The molecule has 0 aliphatic heterocycles. The minimum Gasteiger partial charge on any atom is -0.478 e. The second-order valence-corrected chi connectivity index (χ2v) is 8.22. The number of nitrogens with one attached hydrogen (secondary N) is 1. The smallest absolute Gasteiger partial charge is 0.335 e. The largest absolute Gasteiger partial charge is 0.478 e. The summed E-state index contributed by atoms with van der Waals surface area (Å²) in [6, 6.07) is 21.1. The lowest BCUT2D eigenvalue weighted by atomic mass is 9.86. The molecule has 1 aliphatic rings. The van der Waals surface area contributed by atoms with E-state index in [-0.39, 0.29) is 0 Å². The summed E-state index contributed by atoms with van der Waals surface area (Å²) in [5.41, 5.74) is 5.86. The fourth-order valence-corrected chi connectivity index (χ4v) is 4.22. The second kappa shape index (κ2) is 9.00. The Morgan fingerprint density at radius 1 is 1.03 bits per heavy atom. The average Bonchev–Trinajstić information content (AvgIpc) is 2.77. The van der Waals surface area contributed by atoms with Crippen LogP contribution >= 0.6 is 11.6 Å². The second-order valence-electron chi connectivity index (χ2n) is 7.78. The van der Waals surface area contributed by atoms with Gasteiger partial charge in [-0.2, -0.15) is 0 Å². The number of carboxylic acids is 1. The third-order valence-corrected chi connectivity index (χ3v) is 5.97. The molecule has 0 saturated heterocycles. The number of aryl methyl sites for hydroxylation is 1. The van der Waals surface area contributed by atoms with Crippen LogP contribution in [0.1, 0.15) is 39.6 Å². The first-order chi connectivity index (χ1) is 14.5. The lowest BCUT2D eigenvalue weighted by Gasteiger charge is -2.27. The fourth-order valence-electron chi connectivity index (χ4n) is 4.03. The van der Waals surface area contributed by atoms with E-state index in [9.17, 15) is 9.90 Å². The molecule has 1 aliphatic carbocycles. The standard InChI is InChI=1S/C25H24ClNO3/c26-22-3-1-2-20(13-22)24(28)15-27-23-11-10-17-6-9-19(12-21(17)14-23)16-4-7-18(8-5-16)25(29)30/h1-9,12-13,23-24,27-28H,10-11,14-15H2,(H,29,30)/t23-,24-/m0/s1. The van der Waals surface area contributed by atoms with E-state index < -0.39 is 12.1 Å².